The van der Waals surface area contributed by atoms with Gasteiger partial charge in [-0.25, -0.2) is 15.0 Å². The maximum atomic E-state index is 5.86. The zero-order valence-electron chi connectivity index (χ0n) is 19.8. The number of H-pyrrole nitrogens is 2. The Bertz CT molecular complexity index is 1660. The number of ether oxygens (including phenoxy) is 1. The fourth-order valence-corrected chi connectivity index (χ4v) is 4.00. The molecule has 10 nitrogen and oxygen atoms in total. The first-order chi connectivity index (χ1) is 17.7. The summed E-state index contributed by atoms with van der Waals surface area (Å²) in [6.45, 7) is 1.41. The average molecular weight is 478 g/mol. The predicted octanol–water partition coefficient (Wildman–Crippen LogP) is 3.96. The fourth-order valence-electron chi connectivity index (χ4n) is 4.00. The van der Waals surface area contributed by atoms with Crippen LogP contribution in [0.4, 0.5) is 0 Å². The van der Waals surface area contributed by atoms with Gasteiger partial charge in [-0.15, -0.1) is 0 Å². The molecule has 0 aliphatic rings. The molecule has 6 aromatic rings. The third-order valence-corrected chi connectivity index (χ3v) is 5.83. The van der Waals surface area contributed by atoms with E-state index in [2.05, 4.69) is 40.0 Å². The summed E-state index contributed by atoms with van der Waals surface area (Å²) in [5, 5.41) is 8.30. The first-order valence-electron chi connectivity index (χ1n) is 11.5. The van der Waals surface area contributed by atoms with E-state index in [4.69, 9.17) is 9.72 Å². The second kappa shape index (κ2) is 9.16. The molecule has 0 bridgehead atoms. The number of hydrogen-bond donors (Lipinski definition) is 2. The number of hydrogen-bond acceptors (Lipinski definition) is 8. The van der Waals surface area contributed by atoms with Gasteiger partial charge in [0.15, 0.2) is 17.1 Å². The highest BCUT2D eigenvalue weighted by atomic mass is 16.5. The maximum absolute atomic E-state index is 5.86. The molecule has 0 saturated carbocycles. The molecule has 6 aromatic heterocycles. The number of likely N-dealkylation sites (N-methyl/N-ethyl adjacent to an activating group) is 1. The van der Waals surface area contributed by atoms with Crippen molar-refractivity contribution in [3.8, 4) is 39.7 Å². The summed E-state index contributed by atoms with van der Waals surface area (Å²) in [6, 6.07) is 11.7. The van der Waals surface area contributed by atoms with Crippen LogP contribution in [0.1, 0.15) is 0 Å². The van der Waals surface area contributed by atoms with Crippen LogP contribution in [0.15, 0.2) is 67.4 Å². The Balaban J connectivity index is 1.38. The van der Waals surface area contributed by atoms with Gasteiger partial charge >= 0.3 is 0 Å². The number of imidazole rings is 1. The molecule has 0 saturated heterocycles. The van der Waals surface area contributed by atoms with Crippen LogP contribution in [-0.4, -0.2) is 72.2 Å². The van der Waals surface area contributed by atoms with E-state index in [1.807, 2.05) is 50.5 Å². The Labute approximate surface area is 206 Å². The number of pyridine rings is 4. The molecule has 10 heteroatoms. The molecule has 0 amide bonds. The van der Waals surface area contributed by atoms with Crippen LogP contribution in [0.3, 0.4) is 0 Å². The second-order valence-electron chi connectivity index (χ2n) is 8.61. The molecule has 6 rings (SSSR count). The number of nitrogens with zero attached hydrogens (tertiary/aromatic N) is 7. The quantitative estimate of drug-likeness (QED) is 0.354. The van der Waals surface area contributed by atoms with Crippen molar-refractivity contribution < 1.29 is 4.74 Å². The summed E-state index contributed by atoms with van der Waals surface area (Å²) in [4.78, 5) is 28.0. The molecule has 0 spiro atoms. The Morgan fingerprint density at radius 2 is 1.83 bits per heavy atom. The third-order valence-electron chi connectivity index (χ3n) is 5.83. The van der Waals surface area contributed by atoms with Gasteiger partial charge in [-0.05, 0) is 44.4 Å². The van der Waals surface area contributed by atoms with E-state index in [1.165, 1.54) is 0 Å². The van der Waals surface area contributed by atoms with E-state index < -0.39 is 0 Å². The number of aromatic amines is 2. The van der Waals surface area contributed by atoms with Crippen molar-refractivity contribution in [2.24, 2.45) is 0 Å². The van der Waals surface area contributed by atoms with E-state index >= 15 is 0 Å². The van der Waals surface area contributed by atoms with Gasteiger partial charge in [-0.2, -0.15) is 5.10 Å². The van der Waals surface area contributed by atoms with Crippen LogP contribution in [0, 0.1) is 0 Å². The lowest BCUT2D eigenvalue weighted by Gasteiger charge is -2.11. The van der Waals surface area contributed by atoms with Crippen molar-refractivity contribution in [1.29, 1.82) is 0 Å². The minimum atomic E-state index is 0.585. The average Bonchev–Trinajstić information content (AvgIpc) is 3.53. The molecule has 178 valence electrons. The van der Waals surface area contributed by atoms with Crippen LogP contribution in [-0.2, 0) is 0 Å². The monoisotopic (exact) mass is 477 g/mol. The molecule has 0 unspecified atom stereocenters. The smallest absolute Gasteiger partial charge is 0.181 e. The van der Waals surface area contributed by atoms with Crippen LogP contribution in [0.2, 0.25) is 0 Å². The van der Waals surface area contributed by atoms with Crippen molar-refractivity contribution in [1.82, 2.24) is 45.0 Å². The Morgan fingerprint density at radius 1 is 0.917 bits per heavy atom. The molecule has 0 aliphatic heterocycles. The number of nitrogens with one attached hydrogen (secondary N) is 2. The zero-order chi connectivity index (χ0) is 24.5. The lowest BCUT2D eigenvalue weighted by molar-refractivity contribution is 0.261. The van der Waals surface area contributed by atoms with Crippen molar-refractivity contribution in [3.63, 3.8) is 0 Å². The fraction of sp³-hybridized carbons (Fsp3) is 0.154. The van der Waals surface area contributed by atoms with E-state index in [0.29, 0.717) is 29.5 Å². The number of aromatic nitrogens is 8. The Hall–Kier alpha value is -4.70. The SMILES string of the molecule is CN(C)CCOc1cncc(-c2cnc3n[nH]c(-c4nc5nccc(-c6ccccn6)c5[nH]4)c3c2)c1. The van der Waals surface area contributed by atoms with Crippen molar-refractivity contribution in [2.45, 2.75) is 0 Å². The number of rotatable bonds is 7. The molecular weight excluding hydrogens is 454 g/mol. The first kappa shape index (κ1) is 21.8. The van der Waals surface area contributed by atoms with Crippen LogP contribution >= 0.6 is 0 Å². The maximum Gasteiger partial charge on any atom is 0.181 e. The van der Waals surface area contributed by atoms with Gasteiger partial charge < -0.3 is 14.6 Å². The molecule has 0 aromatic carbocycles. The lowest BCUT2D eigenvalue weighted by Crippen LogP contribution is -2.19. The van der Waals surface area contributed by atoms with Crippen LogP contribution in [0.5, 0.6) is 5.75 Å². The normalized spacial score (nSPS) is 11.5. The summed E-state index contributed by atoms with van der Waals surface area (Å²) in [7, 11) is 4.03. The lowest BCUT2D eigenvalue weighted by atomic mass is 10.1. The standard InChI is InChI=1S/C26H23N9O/c1-35(2)9-10-36-18-11-16(13-27-15-18)17-12-20-23(33-34-24(20)30-14-17)26-31-22-19(6-8-29-25(22)32-26)21-5-3-4-7-28-21/h3-8,11-15H,9-10H2,1-2H3,(H,29,31,32)(H,30,33,34). The van der Waals surface area contributed by atoms with E-state index in [-0.39, 0.29) is 0 Å². The van der Waals surface area contributed by atoms with Gasteiger partial charge in [0.1, 0.15) is 18.1 Å². The highest BCUT2D eigenvalue weighted by Crippen LogP contribution is 2.31. The summed E-state index contributed by atoms with van der Waals surface area (Å²) < 4.78 is 5.86. The first-order valence-corrected chi connectivity index (χ1v) is 11.5. The van der Waals surface area contributed by atoms with Crippen LogP contribution in [0.25, 0.3) is 56.1 Å². The van der Waals surface area contributed by atoms with Gasteiger partial charge in [-0.3, -0.25) is 15.1 Å². The van der Waals surface area contributed by atoms with Gasteiger partial charge in [0.25, 0.3) is 0 Å². The van der Waals surface area contributed by atoms with Gasteiger partial charge in [0.2, 0.25) is 0 Å². The Morgan fingerprint density at radius 3 is 2.69 bits per heavy atom. The topological polar surface area (TPSA) is 121 Å². The highest BCUT2D eigenvalue weighted by Gasteiger charge is 2.17. The second-order valence-corrected chi connectivity index (χ2v) is 8.61. The summed E-state index contributed by atoms with van der Waals surface area (Å²) >= 11 is 0. The molecule has 6 heterocycles. The molecular formula is C26H23N9O. The van der Waals surface area contributed by atoms with Crippen molar-refractivity contribution in [2.75, 3.05) is 27.2 Å². The van der Waals surface area contributed by atoms with Crippen molar-refractivity contribution >= 4 is 22.2 Å². The van der Waals surface area contributed by atoms with Crippen LogP contribution < -0.4 is 4.74 Å². The number of fused-ring (bicyclic) bond motifs is 2. The van der Waals surface area contributed by atoms with Gasteiger partial charge in [0.05, 0.1) is 22.8 Å². The largest absolute Gasteiger partial charge is 0.491 e. The predicted molar refractivity (Wildman–Crippen MR) is 137 cm³/mol. The third kappa shape index (κ3) is 4.14. The van der Waals surface area contributed by atoms with E-state index in [0.717, 1.165) is 45.5 Å². The molecule has 0 fully saturated rings. The van der Waals surface area contributed by atoms with Crippen molar-refractivity contribution in [3.05, 3.63) is 67.4 Å². The van der Waals surface area contributed by atoms with E-state index in [9.17, 15) is 0 Å². The molecule has 0 atom stereocenters. The summed E-state index contributed by atoms with van der Waals surface area (Å²) in [5.74, 6) is 1.34. The Kier molecular flexibility index (Phi) is 5.55. The zero-order valence-corrected chi connectivity index (χ0v) is 19.8. The highest BCUT2D eigenvalue weighted by molar-refractivity contribution is 5.95. The molecule has 2 N–H and O–H groups in total. The van der Waals surface area contributed by atoms with E-state index in [1.54, 1.807) is 31.0 Å². The van der Waals surface area contributed by atoms with Gasteiger partial charge in [0, 0.05) is 48.0 Å². The molecule has 0 radical (unpaired) electrons. The molecule has 0 aliphatic carbocycles. The minimum absolute atomic E-state index is 0.585. The summed E-state index contributed by atoms with van der Waals surface area (Å²) in [6.07, 6.45) is 8.81. The summed E-state index contributed by atoms with van der Waals surface area (Å²) in [5.41, 5.74) is 6.32. The molecule has 36 heavy (non-hydrogen) atoms. The van der Waals surface area contributed by atoms with Gasteiger partial charge in [-0.1, -0.05) is 6.07 Å². The minimum Gasteiger partial charge on any atom is -0.491 e.